The zero-order chi connectivity index (χ0) is 15.1. The SMILES string of the molecule is N#C/C(=C/NCc1ccccc1F)C(=O)N1CCCCC1. The summed E-state index contributed by atoms with van der Waals surface area (Å²) in [7, 11) is 0. The molecule has 1 aromatic rings. The van der Waals surface area contributed by atoms with Gasteiger partial charge >= 0.3 is 0 Å². The zero-order valence-corrected chi connectivity index (χ0v) is 11.8. The van der Waals surface area contributed by atoms with Crippen LogP contribution in [0.15, 0.2) is 36.0 Å². The Hall–Kier alpha value is -2.35. The number of hydrogen-bond donors (Lipinski definition) is 1. The fourth-order valence-electron chi connectivity index (χ4n) is 2.31. The third-order valence-electron chi connectivity index (χ3n) is 3.49. The Bertz CT molecular complexity index is 571. The van der Waals surface area contributed by atoms with Gasteiger partial charge in [-0.25, -0.2) is 4.39 Å². The average Bonchev–Trinajstić information content (AvgIpc) is 2.53. The number of likely N-dealkylation sites (tertiary alicyclic amines) is 1. The van der Waals surface area contributed by atoms with Gasteiger partial charge in [-0.15, -0.1) is 0 Å². The molecule has 1 fully saturated rings. The Labute approximate surface area is 123 Å². The smallest absolute Gasteiger partial charge is 0.265 e. The van der Waals surface area contributed by atoms with Crippen molar-refractivity contribution in [2.75, 3.05) is 13.1 Å². The Morgan fingerprint density at radius 1 is 1.33 bits per heavy atom. The number of hydrogen-bond acceptors (Lipinski definition) is 3. The van der Waals surface area contributed by atoms with E-state index in [0.29, 0.717) is 18.7 Å². The molecule has 21 heavy (non-hydrogen) atoms. The number of nitrogens with zero attached hydrogens (tertiary/aromatic N) is 2. The minimum Gasteiger partial charge on any atom is -0.385 e. The lowest BCUT2D eigenvalue weighted by Gasteiger charge is -2.26. The summed E-state index contributed by atoms with van der Waals surface area (Å²) in [5.41, 5.74) is 0.560. The number of rotatable bonds is 4. The van der Waals surface area contributed by atoms with Crippen LogP contribution in [-0.2, 0) is 11.3 Å². The molecule has 4 nitrogen and oxygen atoms in total. The second-order valence-corrected chi connectivity index (χ2v) is 4.99. The van der Waals surface area contributed by atoms with Crippen LogP contribution in [-0.4, -0.2) is 23.9 Å². The van der Waals surface area contributed by atoms with E-state index in [2.05, 4.69) is 5.32 Å². The molecule has 0 aliphatic carbocycles. The number of nitriles is 1. The van der Waals surface area contributed by atoms with Gasteiger partial charge in [0.15, 0.2) is 0 Å². The molecule has 0 radical (unpaired) electrons. The highest BCUT2D eigenvalue weighted by Gasteiger charge is 2.19. The standard InChI is InChI=1S/C16H18FN3O/c17-15-7-3-2-6-13(15)11-19-12-14(10-18)16(21)20-8-4-1-5-9-20/h2-3,6-7,12,19H,1,4-5,8-9,11H2/b14-12-. The van der Waals surface area contributed by atoms with Gasteiger partial charge in [0.1, 0.15) is 17.5 Å². The molecule has 1 N–H and O–H groups in total. The molecule has 0 unspecified atom stereocenters. The molecular formula is C16H18FN3O. The van der Waals surface area contributed by atoms with Crippen LogP contribution in [0.5, 0.6) is 0 Å². The molecule has 0 spiro atoms. The zero-order valence-electron chi connectivity index (χ0n) is 11.8. The first kappa shape index (κ1) is 15.0. The summed E-state index contributed by atoms with van der Waals surface area (Å²) >= 11 is 0. The highest BCUT2D eigenvalue weighted by Crippen LogP contribution is 2.12. The van der Waals surface area contributed by atoms with E-state index in [9.17, 15) is 9.18 Å². The minimum atomic E-state index is -0.306. The molecule has 110 valence electrons. The van der Waals surface area contributed by atoms with Crippen LogP contribution in [0.4, 0.5) is 4.39 Å². The van der Waals surface area contributed by atoms with Crippen LogP contribution < -0.4 is 5.32 Å². The molecule has 1 aromatic carbocycles. The van der Waals surface area contributed by atoms with E-state index >= 15 is 0 Å². The highest BCUT2D eigenvalue weighted by atomic mass is 19.1. The van der Waals surface area contributed by atoms with Crippen molar-refractivity contribution in [3.8, 4) is 6.07 Å². The molecule has 1 aliphatic rings. The first-order valence-electron chi connectivity index (χ1n) is 7.08. The fourth-order valence-corrected chi connectivity index (χ4v) is 2.31. The average molecular weight is 287 g/mol. The molecule has 0 aromatic heterocycles. The molecule has 1 saturated heterocycles. The van der Waals surface area contributed by atoms with E-state index < -0.39 is 0 Å². The van der Waals surface area contributed by atoms with Crippen molar-refractivity contribution < 1.29 is 9.18 Å². The van der Waals surface area contributed by atoms with E-state index in [1.54, 1.807) is 23.1 Å². The fraction of sp³-hybridized carbons (Fsp3) is 0.375. The van der Waals surface area contributed by atoms with Crippen molar-refractivity contribution in [2.45, 2.75) is 25.8 Å². The van der Waals surface area contributed by atoms with Crippen molar-refractivity contribution in [1.29, 1.82) is 5.26 Å². The Balaban J connectivity index is 1.96. The molecule has 1 heterocycles. The summed E-state index contributed by atoms with van der Waals surface area (Å²) in [6, 6.07) is 8.32. The Morgan fingerprint density at radius 2 is 2.05 bits per heavy atom. The van der Waals surface area contributed by atoms with Crippen molar-refractivity contribution in [2.24, 2.45) is 0 Å². The molecule has 0 bridgehead atoms. The minimum absolute atomic E-state index is 0.0632. The lowest BCUT2D eigenvalue weighted by Crippen LogP contribution is -2.36. The number of piperidine rings is 1. The van der Waals surface area contributed by atoms with Crippen molar-refractivity contribution in [3.63, 3.8) is 0 Å². The molecular weight excluding hydrogens is 269 g/mol. The summed E-state index contributed by atoms with van der Waals surface area (Å²) in [6.45, 7) is 1.64. The summed E-state index contributed by atoms with van der Waals surface area (Å²) < 4.78 is 13.4. The largest absolute Gasteiger partial charge is 0.385 e. The second kappa shape index (κ2) is 7.44. The first-order valence-corrected chi connectivity index (χ1v) is 7.08. The van der Waals surface area contributed by atoms with Gasteiger partial charge < -0.3 is 10.2 Å². The Kier molecular flexibility index (Phi) is 5.33. The van der Waals surface area contributed by atoms with Crippen LogP contribution in [0, 0.1) is 17.1 Å². The molecule has 1 amide bonds. The van der Waals surface area contributed by atoms with E-state index in [4.69, 9.17) is 5.26 Å². The highest BCUT2D eigenvalue weighted by molar-refractivity contribution is 5.97. The van der Waals surface area contributed by atoms with Crippen LogP contribution in [0.1, 0.15) is 24.8 Å². The maximum atomic E-state index is 13.4. The van der Waals surface area contributed by atoms with Gasteiger partial charge in [-0.3, -0.25) is 4.79 Å². The first-order chi connectivity index (χ1) is 10.2. The normalized spacial score (nSPS) is 15.4. The summed E-state index contributed by atoms with van der Waals surface area (Å²) in [4.78, 5) is 13.9. The van der Waals surface area contributed by atoms with Crippen molar-refractivity contribution in [3.05, 3.63) is 47.4 Å². The monoisotopic (exact) mass is 287 g/mol. The molecule has 5 heteroatoms. The number of benzene rings is 1. The number of carbonyl (C=O) groups excluding carboxylic acids is 1. The Morgan fingerprint density at radius 3 is 2.71 bits per heavy atom. The van der Waals surface area contributed by atoms with Crippen LogP contribution >= 0.6 is 0 Å². The summed E-state index contributed by atoms with van der Waals surface area (Å²) in [5.74, 6) is -0.558. The van der Waals surface area contributed by atoms with E-state index in [-0.39, 0.29) is 23.8 Å². The van der Waals surface area contributed by atoms with Gasteiger partial charge in [-0.2, -0.15) is 5.26 Å². The van der Waals surface area contributed by atoms with Crippen molar-refractivity contribution in [1.82, 2.24) is 10.2 Å². The maximum Gasteiger partial charge on any atom is 0.265 e. The predicted molar refractivity (Wildman–Crippen MR) is 77.4 cm³/mol. The van der Waals surface area contributed by atoms with Gasteiger partial charge in [0.25, 0.3) is 5.91 Å². The molecule has 2 rings (SSSR count). The third-order valence-corrected chi connectivity index (χ3v) is 3.49. The van der Waals surface area contributed by atoms with Crippen LogP contribution in [0.25, 0.3) is 0 Å². The number of carbonyl (C=O) groups is 1. The summed E-state index contributed by atoms with van der Waals surface area (Å²) in [5, 5.41) is 11.9. The lowest BCUT2D eigenvalue weighted by molar-refractivity contribution is -0.127. The quantitative estimate of drug-likeness (QED) is 0.683. The van der Waals surface area contributed by atoms with Crippen molar-refractivity contribution >= 4 is 5.91 Å². The third kappa shape index (κ3) is 4.06. The molecule has 0 saturated carbocycles. The number of nitrogens with one attached hydrogen (secondary N) is 1. The van der Waals surface area contributed by atoms with Crippen LogP contribution in [0.3, 0.4) is 0 Å². The number of halogens is 1. The predicted octanol–water partition coefficient (Wildman–Crippen LogP) is 2.34. The van der Waals surface area contributed by atoms with Gasteiger partial charge in [-0.05, 0) is 25.3 Å². The van der Waals surface area contributed by atoms with Gasteiger partial charge in [0.2, 0.25) is 0 Å². The van der Waals surface area contributed by atoms with E-state index in [1.807, 2.05) is 6.07 Å². The topological polar surface area (TPSA) is 56.1 Å². The second-order valence-electron chi connectivity index (χ2n) is 4.99. The number of amides is 1. The van der Waals surface area contributed by atoms with Gasteiger partial charge in [0, 0.05) is 31.4 Å². The lowest BCUT2D eigenvalue weighted by atomic mass is 10.1. The van der Waals surface area contributed by atoms with E-state index in [0.717, 1.165) is 19.3 Å². The maximum absolute atomic E-state index is 13.4. The molecule has 0 atom stereocenters. The van der Waals surface area contributed by atoms with Gasteiger partial charge in [0.05, 0.1) is 0 Å². The van der Waals surface area contributed by atoms with Crippen LogP contribution in [0.2, 0.25) is 0 Å². The summed E-state index contributed by atoms with van der Waals surface area (Å²) in [6.07, 6.45) is 4.46. The van der Waals surface area contributed by atoms with Gasteiger partial charge in [-0.1, -0.05) is 18.2 Å². The molecule has 1 aliphatic heterocycles. The van der Waals surface area contributed by atoms with E-state index in [1.165, 1.54) is 12.3 Å².